The van der Waals surface area contributed by atoms with Gasteiger partial charge in [-0.15, -0.1) is 0 Å². The molecule has 3 heteroatoms. The molecule has 2 rings (SSSR count). The van der Waals surface area contributed by atoms with Gasteiger partial charge >= 0.3 is 0 Å². The molecule has 1 aromatic carbocycles. The van der Waals surface area contributed by atoms with Crippen molar-refractivity contribution in [3.8, 4) is 0 Å². The van der Waals surface area contributed by atoms with E-state index >= 15 is 0 Å². The van der Waals surface area contributed by atoms with E-state index in [4.69, 9.17) is 5.73 Å². The highest BCUT2D eigenvalue weighted by molar-refractivity contribution is 5.51. The van der Waals surface area contributed by atoms with Crippen LogP contribution in [0.2, 0.25) is 0 Å². The predicted molar refractivity (Wildman–Crippen MR) is 60.7 cm³/mol. The van der Waals surface area contributed by atoms with Crippen LogP contribution in [-0.4, -0.2) is 20.6 Å². The third-order valence-corrected chi connectivity index (χ3v) is 3.28. The fourth-order valence-electron chi connectivity index (χ4n) is 1.95. The van der Waals surface area contributed by atoms with E-state index in [9.17, 15) is 4.39 Å². The molecule has 1 aromatic rings. The van der Waals surface area contributed by atoms with Crippen LogP contribution in [0.3, 0.4) is 0 Å². The van der Waals surface area contributed by atoms with Gasteiger partial charge in [0.15, 0.2) is 0 Å². The topological polar surface area (TPSA) is 29.3 Å². The molecule has 82 valence electrons. The first kappa shape index (κ1) is 10.4. The van der Waals surface area contributed by atoms with Gasteiger partial charge in [0.25, 0.3) is 0 Å². The smallest absolute Gasteiger partial charge is 0.146 e. The van der Waals surface area contributed by atoms with Crippen LogP contribution in [0.25, 0.3) is 0 Å². The number of nitrogens with zero attached hydrogens (tertiary/aromatic N) is 1. The first-order chi connectivity index (χ1) is 7.09. The second kappa shape index (κ2) is 3.49. The fraction of sp³-hybridized carbons (Fsp3) is 0.500. The molecule has 0 amide bonds. The number of hydrogen-bond donors (Lipinski definition) is 1. The quantitative estimate of drug-likeness (QED) is 0.821. The van der Waals surface area contributed by atoms with Gasteiger partial charge in [-0.1, -0.05) is 6.07 Å². The number of nitrogens with two attached hydrogens (primary N) is 1. The lowest BCUT2D eigenvalue weighted by Crippen LogP contribution is -2.20. The Morgan fingerprint density at radius 2 is 2.07 bits per heavy atom. The van der Waals surface area contributed by atoms with E-state index in [0.717, 1.165) is 12.8 Å². The van der Waals surface area contributed by atoms with Crippen molar-refractivity contribution < 1.29 is 4.39 Å². The minimum atomic E-state index is -0.170. The van der Waals surface area contributed by atoms with Crippen molar-refractivity contribution in [2.75, 3.05) is 25.5 Å². The summed E-state index contributed by atoms with van der Waals surface area (Å²) in [5.41, 5.74) is 7.72. The molecule has 1 aliphatic rings. The van der Waals surface area contributed by atoms with Crippen molar-refractivity contribution in [3.05, 3.63) is 29.6 Å². The minimum Gasteiger partial charge on any atom is -0.375 e. The SMILES string of the molecule is CN(C)c1cc(C2(CN)CC2)ccc1F. The van der Waals surface area contributed by atoms with Gasteiger partial charge in [0.2, 0.25) is 0 Å². The zero-order valence-electron chi connectivity index (χ0n) is 9.26. The molecule has 1 saturated carbocycles. The molecule has 15 heavy (non-hydrogen) atoms. The molecule has 2 N–H and O–H groups in total. The fourth-order valence-corrected chi connectivity index (χ4v) is 1.95. The number of benzene rings is 1. The number of hydrogen-bond acceptors (Lipinski definition) is 2. The summed E-state index contributed by atoms with van der Waals surface area (Å²) < 4.78 is 13.5. The Hall–Kier alpha value is -1.09. The first-order valence-corrected chi connectivity index (χ1v) is 5.26. The summed E-state index contributed by atoms with van der Waals surface area (Å²) in [6.45, 7) is 0.658. The Morgan fingerprint density at radius 3 is 2.53 bits per heavy atom. The van der Waals surface area contributed by atoms with Crippen LogP contribution in [0.1, 0.15) is 18.4 Å². The van der Waals surface area contributed by atoms with E-state index in [2.05, 4.69) is 0 Å². The molecule has 0 unspecified atom stereocenters. The lowest BCUT2D eigenvalue weighted by Gasteiger charge is -2.18. The number of anilines is 1. The van der Waals surface area contributed by atoms with E-state index in [1.165, 1.54) is 5.56 Å². The van der Waals surface area contributed by atoms with Crippen molar-refractivity contribution in [1.82, 2.24) is 0 Å². The average molecular weight is 208 g/mol. The second-order valence-corrected chi connectivity index (χ2v) is 4.55. The van der Waals surface area contributed by atoms with Crippen LogP contribution >= 0.6 is 0 Å². The van der Waals surface area contributed by atoms with Crippen molar-refractivity contribution in [2.45, 2.75) is 18.3 Å². The zero-order valence-corrected chi connectivity index (χ0v) is 9.26. The lowest BCUT2D eigenvalue weighted by atomic mass is 9.95. The van der Waals surface area contributed by atoms with Crippen LogP contribution in [0.4, 0.5) is 10.1 Å². The van der Waals surface area contributed by atoms with Crippen molar-refractivity contribution in [3.63, 3.8) is 0 Å². The third-order valence-electron chi connectivity index (χ3n) is 3.28. The predicted octanol–water partition coefficient (Wildman–Crippen LogP) is 1.88. The molecule has 0 spiro atoms. The van der Waals surface area contributed by atoms with E-state index in [0.29, 0.717) is 12.2 Å². The van der Waals surface area contributed by atoms with E-state index in [1.54, 1.807) is 11.0 Å². The summed E-state index contributed by atoms with van der Waals surface area (Å²) in [6, 6.07) is 5.33. The Labute approximate surface area is 89.9 Å². The van der Waals surface area contributed by atoms with Gasteiger partial charge in [-0.05, 0) is 30.5 Å². The van der Waals surface area contributed by atoms with Crippen LogP contribution in [-0.2, 0) is 5.41 Å². The monoisotopic (exact) mass is 208 g/mol. The maximum Gasteiger partial charge on any atom is 0.146 e. The van der Waals surface area contributed by atoms with Crippen molar-refractivity contribution in [2.24, 2.45) is 5.73 Å². The standard InChI is InChI=1S/C12H17FN2/c1-15(2)11-7-9(3-4-10(11)13)12(8-14)5-6-12/h3-4,7H,5-6,8,14H2,1-2H3. The lowest BCUT2D eigenvalue weighted by molar-refractivity contribution is 0.621. The van der Waals surface area contributed by atoms with Gasteiger partial charge in [0.05, 0.1) is 5.69 Å². The highest BCUT2D eigenvalue weighted by Gasteiger charge is 2.43. The van der Waals surface area contributed by atoms with Crippen LogP contribution in [0.15, 0.2) is 18.2 Å². The van der Waals surface area contributed by atoms with Gasteiger partial charge in [0.1, 0.15) is 5.82 Å². The number of halogens is 1. The molecule has 0 saturated heterocycles. The van der Waals surface area contributed by atoms with E-state index < -0.39 is 0 Å². The largest absolute Gasteiger partial charge is 0.375 e. The van der Waals surface area contributed by atoms with E-state index in [-0.39, 0.29) is 11.2 Å². The summed E-state index contributed by atoms with van der Waals surface area (Å²) >= 11 is 0. The molecule has 0 aromatic heterocycles. The zero-order chi connectivity index (χ0) is 11.1. The summed E-state index contributed by atoms with van der Waals surface area (Å²) in [4.78, 5) is 1.80. The van der Waals surface area contributed by atoms with Gasteiger partial charge in [-0.2, -0.15) is 0 Å². The summed E-state index contributed by atoms with van der Waals surface area (Å²) in [5.74, 6) is -0.170. The molecular weight excluding hydrogens is 191 g/mol. The van der Waals surface area contributed by atoms with Crippen molar-refractivity contribution in [1.29, 1.82) is 0 Å². The molecule has 0 bridgehead atoms. The summed E-state index contributed by atoms with van der Waals surface area (Å²) in [6.07, 6.45) is 2.25. The van der Waals surface area contributed by atoms with Gasteiger partial charge < -0.3 is 10.6 Å². The van der Waals surface area contributed by atoms with Crippen LogP contribution < -0.4 is 10.6 Å². The van der Waals surface area contributed by atoms with Crippen molar-refractivity contribution >= 4 is 5.69 Å². The highest BCUT2D eigenvalue weighted by Crippen LogP contribution is 2.47. The molecule has 1 aliphatic carbocycles. The minimum absolute atomic E-state index is 0.137. The molecule has 0 atom stereocenters. The summed E-state index contributed by atoms with van der Waals surface area (Å²) in [5, 5.41) is 0. The Kier molecular flexibility index (Phi) is 2.43. The van der Waals surface area contributed by atoms with E-state index in [1.807, 2.05) is 26.2 Å². The second-order valence-electron chi connectivity index (χ2n) is 4.55. The normalized spacial score (nSPS) is 17.6. The summed E-state index contributed by atoms with van der Waals surface area (Å²) in [7, 11) is 3.70. The Morgan fingerprint density at radius 1 is 1.40 bits per heavy atom. The molecule has 1 fully saturated rings. The molecular formula is C12H17FN2. The maximum atomic E-state index is 13.5. The highest BCUT2D eigenvalue weighted by atomic mass is 19.1. The Bertz CT molecular complexity index is 370. The molecule has 2 nitrogen and oxygen atoms in total. The average Bonchev–Trinajstić information content (AvgIpc) is 2.99. The van der Waals surface area contributed by atoms with Gasteiger partial charge in [-0.25, -0.2) is 4.39 Å². The number of rotatable bonds is 3. The van der Waals surface area contributed by atoms with Crippen LogP contribution in [0, 0.1) is 5.82 Å². The molecule has 0 aliphatic heterocycles. The van der Waals surface area contributed by atoms with Gasteiger partial charge in [-0.3, -0.25) is 0 Å². The molecule has 0 radical (unpaired) electrons. The third kappa shape index (κ3) is 1.72. The van der Waals surface area contributed by atoms with Gasteiger partial charge in [0, 0.05) is 26.1 Å². The Balaban J connectivity index is 2.39. The van der Waals surface area contributed by atoms with Crippen LogP contribution in [0.5, 0.6) is 0 Å². The maximum absolute atomic E-state index is 13.5. The molecule has 0 heterocycles. The first-order valence-electron chi connectivity index (χ1n) is 5.26.